The van der Waals surface area contributed by atoms with Crippen molar-refractivity contribution >= 4 is 18.5 Å². The molecule has 0 bridgehead atoms. The third kappa shape index (κ3) is 15.8. The molecule has 0 heterocycles. The minimum absolute atomic E-state index is 1.20. The van der Waals surface area contributed by atoms with Crippen LogP contribution in [-0.4, -0.2) is 7.38 Å². The van der Waals surface area contributed by atoms with E-state index < -0.39 is 7.38 Å². The lowest BCUT2D eigenvalue weighted by atomic mass is 10.0. The van der Waals surface area contributed by atoms with Crippen LogP contribution in [0, 0.1) is 0 Å². The van der Waals surface area contributed by atoms with Crippen molar-refractivity contribution in [1.82, 2.24) is 0 Å². The summed E-state index contributed by atoms with van der Waals surface area (Å²) in [5.74, 6) is 0. The summed E-state index contributed by atoms with van der Waals surface area (Å²) in [6.45, 7) is 8.36. The third-order valence-corrected chi connectivity index (χ3v) is 10.9. The Morgan fingerprint density at radius 1 is 0.625 bits per heavy atom. The molecule has 0 aliphatic carbocycles. The zero-order valence-corrected chi connectivity index (χ0v) is 18.6. The molecule has 0 N–H and O–H groups in total. The van der Waals surface area contributed by atoms with E-state index in [9.17, 15) is 0 Å². The first-order chi connectivity index (χ1) is 11.7. The Bertz CT molecular complexity index is 259. The van der Waals surface area contributed by atoms with Gasteiger partial charge < -0.3 is 0 Å². The van der Waals surface area contributed by atoms with E-state index in [1.165, 1.54) is 114 Å². The summed E-state index contributed by atoms with van der Waals surface area (Å²) in [6, 6.07) is 4.02. The lowest BCUT2D eigenvalue weighted by Gasteiger charge is -2.23. The predicted molar refractivity (Wildman–Crippen MR) is 117 cm³/mol. The average Bonchev–Trinajstić information content (AvgIpc) is 2.55. The fraction of sp³-hybridized carbons (Fsp3) is 0.909. The summed E-state index contributed by atoms with van der Waals surface area (Å²) in [4.78, 5) is 0. The van der Waals surface area contributed by atoms with Gasteiger partial charge in [0.15, 0.2) is 7.38 Å². The number of unbranched alkanes of at least 4 members (excludes halogenated alkanes) is 12. The second-order valence-electron chi connectivity index (χ2n) is 7.72. The zero-order chi connectivity index (χ0) is 17.9. The summed E-state index contributed by atoms with van der Waals surface area (Å²) in [5.41, 5.74) is 0. The van der Waals surface area contributed by atoms with E-state index in [4.69, 9.17) is 11.1 Å². The molecule has 0 aromatic rings. The van der Waals surface area contributed by atoms with E-state index in [2.05, 4.69) is 20.4 Å². The van der Waals surface area contributed by atoms with Crippen LogP contribution in [0.5, 0.6) is 0 Å². The average molecular weight is 373 g/mol. The smallest absolute Gasteiger partial charge is 0.156 e. The lowest BCUT2D eigenvalue weighted by molar-refractivity contribution is 0.544. The molecule has 0 aromatic carbocycles. The van der Waals surface area contributed by atoms with Crippen LogP contribution in [0.1, 0.15) is 110 Å². The van der Waals surface area contributed by atoms with Crippen LogP contribution in [0.15, 0.2) is 12.7 Å². The maximum atomic E-state index is 6.92. The molecule has 0 aliphatic heterocycles. The number of hydrogen-bond acceptors (Lipinski definition) is 0. The van der Waals surface area contributed by atoms with Crippen LogP contribution in [0.25, 0.3) is 0 Å². The molecule has 0 saturated carbocycles. The van der Waals surface area contributed by atoms with Gasteiger partial charge in [0.1, 0.15) is 0 Å². The van der Waals surface area contributed by atoms with Crippen molar-refractivity contribution < 1.29 is 0 Å². The molecule has 0 nitrogen and oxygen atoms in total. The van der Waals surface area contributed by atoms with Crippen molar-refractivity contribution in [3.63, 3.8) is 0 Å². The molecule has 0 radical (unpaired) electrons. The van der Waals surface area contributed by atoms with Gasteiger partial charge in [0.25, 0.3) is 0 Å². The van der Waals surface area contributed by atoms with Gasteiger partial charge in [-0.2, -0.15) is 11.1 Å². The highest BCUT2D eigenvalue weighted by Gasteiger charge is 2.27. The van der Waals surface area contributed by atoms with E-state index in [0.29, 0.717) is 0 Å². The van der Waals surface area contributed by atoms with E-state index in [0.717, 1.165) is 0 Å². The van der Waals surface area contributed by atoms with Gasteiger partial charge in [-0.05, 0) is 31.0 Å². The van der Waals surface area contributed by atoms with Gasteiger partial charge in [-0.3, -0.25) is 0 Å². The van der Waals surface area contributed by atoms with Gasteiger partial charge in [0.05, 0.1) is 0 Å². The Hall–Kier alpha value is 0.247. The number of allylic oxidation sites excluding steroid dienone is 1. The van der Waals surface area contributed by atoms with Crippen molar-refractivity contribution in [2.45, 2.75) is 128 Å². The molecule has 0 amide bonds. The van der Waals surface area contributed by atoms with Crippen LogP contribution in [0.4, 0.5) is 0 Å². The minimum Gasteiger partial charge on any atom is -0.167 e. The number of hydrogen-bond donors (Lipinski definition) is 0. The molecule has 2 heteroatoms. The molecule has 0 aromatic heterocycles. The molecule has 0 unspecified atom stereocenters. The molecule has 0 rings (SSSR count). The Balaban J connectivity index is 3.31. The van der Waals surface area contributed by atoms with Crippen molar-refractivity contribution in [3.05, 3.63) is 12.7 Å². The molecular weight excluding hydrogens is 328 g/mol. The largest absolute Gasteiger partial charge is 0.167 e. The van der Waals surface area contributed by atoms with Crippen LogP contribution >= 0.6 is 11.1 Å². The first-order valence-corrected chi connectivity index (χ1v) is 14.6. The number of rotatable bonds is 19. The highest BCUT2D eigenvalue weighted by atomic mass is 35.6. The highest BCUT2D eigenvalue weighted by molar-refractivity contribution is 7.20. The predicted octanol–water partition coefficient (Wildman–Crippen LogP) is 9.25. The standard InChI is InChI=1S/C22H45ClSi/c1-4-7-8-9-10-11-12-13-14-15-16-17-18-19-22-24(23,20-5-2)21-6-3/h4H,1,5-22H2,2-3H3. The van der Waals surface area contributed by atoms with E-state index >= 15 is 0 Å². The molecular formula is C22H45ClSi. The van der Waals surface area contributed by atoms with E-state index in [1.54, 1.807) is 0 Å². The Morgan fingerprint density at radius 2 is 1.00 bits per heavy atom. The minimum atomic E-state index is -1.39. The fourth-order valence-corrected chi connectivity index (χ4v) is 8.73. The van der Waals surface area contributed by atoms with E-state index in [1.807, 2.05) is 6.08 Å². The Labute approximate surface area is 159 Å². The first kappa shape index (κ1) is 24.2. The number of halogens is 1. The SMILES string of the molecule is C=CCCCCCCCCCCCCCC[Si](Cl)(CCC)CCC. The van der Waals surface area contributed by atoms with Gasteiger partial charge >= 0.3 is 0 Å². The van der Waals surface area contributed by atoms with Gasteiger partial charge in [-0.15, -0.1) is 6.58 Å². The summed E-state index contributed by atoms with van der Waals surface area (Å²) >= 11 is 6.92. The van der Waals surface area contributed by atoms with Crippen LogP contribution in [0.2, 0.25) is 18.1 Å². The summed E-state index contributed by atoms with van der Waals surface area (Å²) in [5, 5.41) is 0. The van der Waals surface area contributed by atoms with Crippen LogP contribution < -0.4 is 0 Å². The van der Waals surface area contributed by atoms with Crippen molar-refractivity contribution in [1.29, 1.82) is 0 Å². The van der Waals surface area contributed by atoms with Crippen molar-refractivity contribution in [3.8, 4) is 0 Å². The van der Waals surface area contributed by atoms with Crippen LogP contribution in [-0.2, 0) is 0 Å². The topological polar surface area (TPSA) is 0 Å². The summed E-state index contributed by atoms with van der Waals surface area (Å²) < 4.78 is 0. The normalized spacial score (nSPS) is 11.8. The van der Waals surface area contributed by atoms with Crippen molar-refractivity contribution in [2.24, 2.45) is 0 Å². The highest BCUT2D eigenvalue weighted by Crippen LogP contribution is 2.31. The monoisotopic (exact) mass is 372 g/mol. The zero-order valence-electron chi connectivity index (χ0n) is 16.9. The first-order valence-electron chi connectivity index (χ1n) is 11.0. The second kappa shape index (κ2) is 18.1. The van der Waals surface area contributed by atoms with Gasteiger partial charge in [0, 0.05) is 0 Å². The molecule has 144 valence electrons. The third-order valence-electron chi connectivity index (χ3n) is 5.18. The maximum absolute atomic E-state index is 6.92. The molecule has 0 atom stereocenters. The molecule has 24 heavy (non-hydrogen) atoms. The Kier molecular flexibility index (Phi) is 18.2. The van der Waals surface area contributed by atoms with E-state index in [-0.39, 0.29) is 0 Å². The van der Waals surface area contributed by atoms with Gasteiger partial charge in [-0.1, -0.05) is 103 Å². The second-order valence-corrected chi connectivity index (χ2v) is 13.9. The van der Waals surface area contributed by atoms with Crippen LogP contribution in [0.3, 0.4) is 0 Å². The quantitative estimate of drug-likeness (QED) is 0.0916. The Morgan fingerprint density at radius 3 is 1.38 bits per heavy atom. The maximum Gasteiger partial charge on any atom is 0.156 e. The summed E-state index contributed by atoms with van der Waals surface area (Å²) in [6.07, 6.45) is 22.9. The van der Waals surface area contributed by atoms with Gasteiger partial charge in [-0.25, -0.2) is 0 Å². The molecule has 0 spiro atoms. The lowest BCUT2D eigenvalue weighted by Crippen LogP contribution is -2.25. The summed E-state index contributed by atoms with van der Waals surface area (Å²) in [7, 11) is -1.39. The fourth-order valence-electron chi connectivity index (χ4n) is 3.77. The molecule has 0 saturated heterocycles. The van der Waals surface area contributed by atoms with Gasteiger partial charge in [0.2, 0.25) is 0 Å². The van der Waals surface area contributed by atoms with Crippen molar-refractivity contribution in [2.75, 3.05) is 0 Å². The molecule has 0 fully saturated rings. The molecule has 0 aliphatic rings.